The number of hydrogen-bond acceptors (Lipinski definition) is 5. The molecule has 4 rings (SSSR count). The van der Waals surface area contributed by atoms with E-state index in [4.69, 9.17) is 9.15 Å². The second-order valence-corrected chi connectivity index (χ2v) is 6.80. The van der Waals surface area contributed by atoms with Gasteiger partial charge in [-0.05, 0) is 13.0 Å². The lowest BCUT2D eigenvalue weighted by molar-refractivity contribution is -0.171. The van der Waals surface area contributed by atoms with E-state index in [2.05, 4.69) is 10.3 Å². The van der Waals surface area contributed by atoms with Crippen LogP contribution in [0.2, 0.25) is 0 Å². The Labute approximate surface area is 151 Å². The lowest BCUT2D eigenvalue weighted by atomic mass is 9.88. The number of imidazole rings is 1. The quantitative estimate of drug-likeness (QED) is 0.867. The van der Waals surface area contributed by atoms with Crippen LogP contribution in [-0.4, -0.2) is 52.5 Å². The first kappa shape index (κ1) is 16.8. The smallest absolute Gasteiger partial charge is 0.257 e. The van der Waals surface area contributed by atoms with Gasteiger partial charge in [-0.1, -0.05) is 0 Å². The summed E-state index contributed by atoms with van der Waals surface area (Å²) in [6, 6.07) is 1.70. The van der Waals surface area contributed by atoms with Crippen LogP contribution in [0.3, 0.4) is 0 Å². The third-order valence-electron chi connectivity index (χ3n) is 5.34. The first-order chi connectivity index (χ1) is 12.5. The summed E-state index contributed by atoms with van der Waals surface area (Å²) in [6.45, 7) is 3.31. The summed E-state index contributed by atoms with van der Waals surface area (Å²) in [6.07, 6.45) is 5.78. The molecule has 2 amide bonds. The van der Waals surface area contributed by atoms with Crippen LogP contribution >= 0.6 is 0 Å². The standard InChI is InChI=1S/C18H22N4O4/c1-12-13(3-10-25-12)16(24)21-7-4-18(5-8-21)17-20-6-9-22(17)11-14(26-18)15(23)19-2/h3,6,9-10,14H,4-5,7-8,11H2,1-2H3,(H,19,23)/t14-/m0/s1. The minimum absolute atomic E-state index is 0.0342. The Morgan fingerprint density at radius 2 is 2.12 bits per heavy atom. The van der Waals surface area contributed by atoms with E-state index in [1.807, 2.05) is 15.7 Å². The summed E-state index contributed by atoms with van der Waals surface area (Å²) in [4.78, 5) is 31.1. The monoisotopic (exact) mass is 358 g/mol. The number of nitrogens with zero attached hydrogens (tertiary/aromatic N) is 3. The van der Waals surface area contributed by atoms with Crippen molar-refractivity contribution in [1.82, 2.24) is 19.8 Å². The SMILES string of the molecule is CNC(=O)[C@@H]1Cn2ccnc2C2(CCN(C(=O)c3ccoc3C)CC2)O1. The van der Waals surface area contributed by atoms with E-state index in [0.717, 1.165) is 5.82 Å². The maximum atomic E-state index is 12.7. The maximum Gasteiger partial charge on any atom is 0.257 e. The van der Waals surface area contributed by atoms with E-state index >= 15 is 0 Å². The Kier molecular flexibility index (Phi) is 4.07. The van der Waals surface area contributed by atoms with Crippen molar-refractivity contribution in [2.75, 3.05) is 20.1 Å². The van der Waals surface area contributed by atoms with Crippen LogP contribution in [0.15, 0.2) is 29.1 Å². The summed E-state index contributed by atoms with van der Waals surface area (Å²) < 4.78 is 13.5. The summed E-state index contributed by atoms with van der Waals surface area (Å²) >= 11 is 0. The van der Waals surface area contributed by atoms with Crippen molar-refractivity contribution in [2.24, 2.45) is 0 Å². The van der Waals surface area contributed by atoms with Gasteiger partial charge in [0.15, 0.2) is 6.10 Å². The minimum atomic E-state index is -0.638. The molecule has 138 valence electrons. The van der Waals surface area contributed by atoms with Gasteiger partial charge in [-0.2, -0.15) is 0 Å². The number of likely N-dealkylation sites (tertiary alicyclic amines) is 1. The largest absolute Gasteiger partial charge is 0.469 e. The second-order valence-electron chi connectivity index (χ2n) is 6.80. The van der Waals surface area contributed by atoms with Gasteiger partial charge in [-0.3, -0.25) is 9.59 Å². The molecular formula is C18H22N4O4. The van der Waals surface area contributed by atoms with Gasteiger partial charge in [0.25, 0.3) is 11.8 Å². The number of piperidine rings is 1. The Balaban J connectivity index is 1.55. The predicted molar refractivity (Wildman–Crippen MR) is 91.4 cm³/mol. The minimum Gasteiger partial charge on any atom is -0.469 e. The molecule has 0 aromatic carbocycles. The van der Waals surface area contributed by atoms with Crippen LogP contribution in [-0.2, 0) is 21.7 Å². The third kappa shape index (κ3) is 2.61. The van der Waals surface area contributed by atoms with E-state index in [1.54, 1.807) is 26.2 Å². The number of rotatable bonds is 2. The van der Waals surface area contributed by atoms with Crippen molar-refractivity contribution in [3.63, 3.8) is 0 Å². The Morgan fingerprint density at radius 3 is 2.77 bits per heavy atom. The van der Waals surface area contributed by atoms with E-state index in [0.29, 0.717) is 43.8 Å². The fraction of sp³-hybridized carbons (Fsp3) is 0.500. The fourth-order valence-electron chi connectivity index (χ4n) is 3.88. The lowest BCUT2D eigenvalue weighted by Gasteiger charge is -2.45. The summed E-state index contributed by atoms with van der Waals surface area (Å²) in [7, 11) is 1.61. The molecular weight excluding hydrogens is 336 g/mol. The first-order valence-corrected chi connectivity index (χ1v) is 8.78. The van der Waals surface area contributed by atoms with Crippen LogP contribution < -0.4 is 5.32 Å². The molecule has 2 aromatic rings. The normalized spacial score (nSPS) is 21.5. The van der Waals surface area contributed by atoms with E-state index in [9.17, 15) is 9.59 Å². The molecule has 0 bridgehead atoms. The number of aryl methyl sites for hydroxylation is 1. The zero-order valence-electron chi connectivity index (χ0n) is 14.9. The molecule has 1 saturated heterocycles. The molecule has 8 nitrogen and oxygen atoms in total. The predicted octanol–water partition coefficient (Wildman–Crippen LogP) is 1.06. The lowest BCUT2D eigenvalue weighted by Crippen LogP contribution is -2.54. The molecule has 1 N–H and O–H groups in total. The number of furan rings is 1. The molecule has 2 aliphatic heterocycles. The highest BCUT2D eigenvalue weighted by atomic mass is 16.5. The van der Waals surface area contributed by atoms with Crippen LogP contribution in [0.4, 0.5) is 0 Å². The number of ether oxygens (including phenoxy) is 1. The molecule has 8 heteroatoms. The van der Waals surface area contributed by atoms with Crippen molar-refractivity contribution in [1.29, 1.82) is 0 Å². The van der Waals surface area contributed by atoms with E-state index < -0.39 is 11.7 Å². The highest BCUT2D eigenvalue weighted by molar-refractivity contribution is 5.95. The van der Waals surface area contributed by atoms with Crippen LogP contribution in [0.25, 0.3) is 0 Å². The van der Waals surface area contributed by atoms with Crippen molar-refractivity contribution >= 4 is 11.8 Å². The molecule has 0 unspecified atom stereocenters. The Hall–Kier alpha value is -2.61. The first-order valence-electron chi connectivity index (χ1n) is 8.78. The molecule has 0 aliphatic carbocycles. The van der Waals surface area contributed by atoms with Crippen LogP contribution in [0.1, 0.15) is 34.8 Å². The number of aromatic nitrogens is 2. The number of carbonyl (C=O) groups excluding carboxylic acids is 2. The van der Waals surface area contributed by atoms with Gasteiger partial charge in [0.1, 0.15) is 17.2 Å². The number of carbonyl (C=O) groups is 2. The Morgan fingerprint density at radius 1 is 1.35 bits per heavy atom. The number of amides is 2. The second kappa shape index (κ2) is 6.28. The summed E-state index contributed by atoms with van der Waals surface area (Å²) in [5.74, 6) is 1.29. The van der Waals surface area contributed by atoms with Gasteiger partial charge >= 0.3 is 0 Å². The highest BCUT2D eigenvalue weighted by Crippen LogP contribution is 2.40. The van der Waals surface area contributed by atoms with Gasteiger partial charge in [0.05, 0.1) is 18.4 Å². The summed E-state index contributed by atoms with van der Waals surface area (Å²) in [5.41, 5.74) is -0.0449. The van der Waals surface area contributed by atoms with Gasteiger partial charge in [0, 0.05) is 45.4 Å². The number of nitrogens with one attached hydrogen (secondary N) is 1. The van der Waals surface area contributed by atoms with Crippen LogP contribution in [0.5, 0.6) is 0 Å². The molecule has 4 heterocycles. The molecule has 2 aliphatic rings. The highest BCUT2D eigenvalue weighted by Gasteiger charge is 2.47. The average molecular weight is 358 g/mol. The molecule has 2 aromatic heterocycles. The third-order valence-corrected chi connectivity index (χ3v) is 5.34. The zero-order chi connectivity index (χ0) is 18.3. The van der Waals surface area contributed by atoms with Crippen molar-refractivity contribution in [2.45, 2.75) is 38.0 Å². The van der Waals surface area contributed by atoms with Gasteiger partial charge in [0.2, 0.25) is 0 Å². The average Bonchev–Trinajstić information content (AvgIpc) is 3.30. The van der Waals surface area contributed by atoms with Gasteiger partial charge < -0.3 is 23.9 Å². The molecule has 0 saturated carbocycles. The van der Waals surface area contributed by atoms with Crippen molar-refractivity contribution in [3.8, 4) is 0 Å². The maximum absolute atomic E-state index is 12.7. The number of hydrogen-bond donors (Lipinski definition) is 1. The number of likely N-dealkylation sites (N-methyl/N-ethyl adjacent to an activating group) is 1. The Bertz CT molecular complexity index is 832. The molecule has 1 fully saturated rings. The molecule has 26 heavy (non-hydrogen) atoms. The summed E-state index contributed by atoms with van der Waals surface area (Å²) in [5, 5.41) is 2.66. The van der Waals surface area contributed by atoms with Crippen LogP contribution in [0, 0.1) is 6.92 Å². The zero-order valence-corrected chi connectivity index (χ0v) is 14.9. The molecule has 0 radical (unpaired) electrons. The van der Waals surface area contributed by atoms with Crippen molar-refractivity contribution in [3.05, 3.63) is 41.9 Å². The topological polar surface area (TPSA) is 89.6 Å². The van der Waals surface area contributed by atoms with Crippen molar-refractivity contribution < 1.29 is 18.7 Å². The van der Waals surface area contributed by atoms with E-state index in [-0.39, 0.29) is 11.8 Å². The fourth-order valence-corrected chi connectivity index (χ4v) is 3.88. The van der Waals surface area contributed by atoms with E-state index in [1.165, 1.54) is 6.26 Å². The van der Waals surface area contributed by atoms with Gasteiger partial charge in [-0.25, -0.2) is 4.98 Å². The molecule has 1 atom stereocenters. The molecule has 1 spiro atoms. The van der Waals surface area contributed by atoms with Gasteiger partial charge in [-0.15, -0.1) is 0 Å². The number of fused-ring (bicyclic) bond motifs is 2.